The number of rotatable bonds is 4. The second-order valence-electron chi connectivity index (χ2n) is 3.42. The molecule has 0 amide bonds. The summed E-state index contributed by atoms with van der Waals surface area (Å²) in [7, 11) is 0. The van der Waals surface area contributed by atoms with Crippen molar-refractivity contribution in [2.24, 2.45) is 0 Å². The average Bonchev–Trinajstić information content (AvgIpc) is 2.84. The van der Waals surface area contributed by atoms with E-state index in [-0.39, 0.29) is 5.69 Å². The van der Waals surface area contributed by atoms with Gasteiger partial charge in [-0.05, 0) is 13.0 Å². The van der Waals surface area contributed by atoms with Crippen LogP contribution < -0.4 is 0 Å². The molecule has 6 heteroatoms. The fraction of sp³-hybridized carbons (Fsp3) is 0.300. The molecule has 0 saturated carbocycles. The zero-order valence-electron chi connectivity index (χ0n) is 8.87. The van der Waals surface area contributed by atoms with Crippen molar-refractivity contribution in [3.63, 3.8) is 0 Å². The van der Waals surface area contributed by atoms with Crippen LogP contribution in [0.25, 0.3) is 0 Å². The van der Waals surface area contributed by atoms with E-state index in [4.69, 9.17) is 5.11 Å². The Hall–Kier alpha value is -2.11. The summed E-state index contributed by atoms with van der Waals surface area (Å²) in [5, 5.41) is 13.0. The van der Waals surface area contributed by atoms with Crippen molar-refractivity contribution in [2.45, 2.75) is 20.0 Å². The SMILES string of the molecule is Cc1ncc(C(=O)O)n1CCn1cccn1. The van der Waals surface area contributed by atoms with E-state index in [0.717, 1.165) is 0 Å². The Labute approximate surface area is 92.2 Å². The fourth-order valence-electron chi connectivity index (χ4n) is 1.56. The normalized spacial score (nSPS) is 10.6. The van der Waals surface area contributed by atoms with Crippen molar-refractivity contribution in [1.29, 1.82) is 0 Å². The largest absolute Gasteiger partial charge is 0.477 e. The van der Waals surface area contributed by atoms with Gasteiger partial charge in [0, 0.05) is 18.9 Å². The summed E-state index contributed by atoms with van der Waals surface area (Å²) in [6, 6.07) is 1.83. The third kappa shape index (κ3) is 1.95. The lowest BCUT2D eigenvalue weighted by Gasteiger charge is -2.07. The van der Waals surface area contributed by atoms with Crippen LogP contribution in [-0.4, -0.2) is 30.4 Å². The first-order valence-corrected chi connectivity index (χ1v) is 4.91. The molecule has 0 bridgehead atoms. The average molecular weight is 220 g/mol. The molecule has 2 heterocycles. The van der Waals surface area contributed by atoms with Gasteiger partial charge in [-0.25, -0.2) is 9.78 Å². The lowest BCUT2D eigenvalue weighted by atomic mass is 10.4. The van der Waals surface area contributed by atoms with Crippen molar-refractivity contribution in [3.05, 3.63) is 36.2 Å². The zero-order valence-corrected chi connectivity index (χ0v) is 8.87. The summed E-state index contributed by atoms with van der Waals surface area (Å²) < 4.78 is 3.43. The van der Waals surface area contributed by atoms with Crippen LogP contribution in [0.3, 0.4) is 0 Å². The molecule has 2 rings (SSSR count). The second kappa shape index (κ2) is 4.18. The monoisotopic (exact) mass is 220 g/mol. The van der Waals surface area contributed by atoms with Crippen molar-refractivity contribution >= 4 is 5.97 Å². The van der Waals surface area contributed by atoms with E-state index in [0.29, 0.717) is 18.9 Å². The minimum Gasteiger partial charge on any atom is -0.477 e. The minimum atomic E-state index is -0.957. The van der Waals surface area contributed by atoms with Gasteiger partial charge in [-0.1, -0.05) is 0 Å². The quantitative estimate of drug-likeness (QED) is 0.826. The summed E-state index contributed by atoms with van der Waals surface area (Å²) in [5.74, 6) is -0.259. The summed E-state index contributed by atoms with van der Waals surface area (Å²) in [4.78, 5) is 14.9. The molecule has 2 aromatic heterocycles. The van der Waals surface area contributed by atoms with Gasteiger partial charge < -0.3 is 9.67 Å². The highest BCUT2D eigenvalue weighted by molar-refractivity contribution is 5.85. The number of aromatic nitrogens is 4. The Balaban J connectivity index is 2.14. The Kier molecular flexibility index (Phi) is 2.72. The molecule has 16 heavy (non-hydrogen) atoms. The first-order valence-electron chi connectivity index (χ1n) is 4.91. The molecule has 0 fully saturated rings. The fourth-order valence-corrected chi connectivity index (χ4v) is 1.56. The molecule has 0 radical (unpaired) electrons. The third-order valence-corrected chi connectivity index (χ3v) is 2.39. The highest BCUT2D eigenvalue weighted by atomic mass is 16.4. The van der Waals surface area contributed by atoms with Crippen molar-refractivity contribution in [1.82, 2.24) is 19.3 Å². The number of carbonyl (C=O) groups is 1. The van der Waals surface area contributed by atoms with E-state index < -0.39 is 5.97 Å². The van der Waals surface area contributed by atoms with Gasteiger partial charge in [-0.3, -0.25) is 4.68 Å². The lowest BCUT2D eigenvalue weighted by molar-refractivity contribution is 0.0684. The number of carboxylic acids is 1. The number of aryl methyl sites for hydroxylation is 2. The van der Waals surface area contributed by atoms with Gasteiger partial charge >= 0.3 is 5.97 Å². The molecule has 1 N–H and O–H groups in total. The number of nitrogens with zero attached hydrogens (tertiary/aromatic N) is 4. The Bertz CT molecular complexity index is 487. The highest BCUT2D eigenvalue weighted by Gasteiger charge is 2.12. The predicted octanol–water partition coefficient (Wildman–Crippen LogP) is 0.786. The Morgan fingerprint density at radius 1 is 1.50 bits per heavy atom. The van der Waals surface area contributed by atoms with Crippen molar-refractivity contribution < 1.29 is 9.90 Å². The van der Waals surface area contributed by atoms with Crippen LogP contribution in [0.15, 0.2) is 24.7 Å². The van der Waals surface area contributed by atoms with Crippen LogP contribution >= 0.6 is 0 Å². The van der Waals surface area contributed by atoms with Crippen molar-refractivity contribution in [3.8, 4) is 0 Å². The lowest BCUT2D eigenvalue weighted by Crippen LogP contribution is -2.14. The van der Waals surface area contributed by atoms with Crippen LogP contribution in [-0.2, 0) is 13.1 Å². The van der Waals surface area contributed by atoms with E-state index in [2.05, 4.69) is 10.1 Å². The van der Waals surface area contributed by atoms with Crippen LogP contribution in [0.2, 0.25) is 0 Å². The number of hydrogen-bond donors (Lipinski definition) is 1. The number of aromatic carboxylic acids is 1. The molecule has 0 aliphatic carbocycles. The first kappa shape index (κ1) is 10.4. The summed E-state index contributed by atoms with van der Waals surface area (Å²) in [6.45, 7) is 2.97. The minimum absolute atomic E-state index is 0.213. The second-order valence-corrected chi connectivity index (χ2v) is 3.42. The van der Waals surface area contributed by atoms with Gasteiger partial charge in [0.25, 0.3) is 0 Å². The van der Waals surface area contributed by atoms with Crippen LogP contribution in [0.1, 0.15) is 16.3 Å². The first-order chi connectivity index (χ1) is 7.68. The number of carboxylic acid groups (broad SMARTS) is 1. The van der Waals surface area contributed by atoms with E-state index in [1.807, 2.05) is 12.3 Å². The molecule has 0 saturated heterocycles. The number of imidazole rings is 1. The molecule has 0 unspecified atom stereocenters. The van der Waals surface area contributed by atoms with Gasteiger partial charge in [0.05, 0.1) is 12.7 Å². The van der Waals surface area contributed by atoms with Gasteiger partial charge in [0.15, 0.2) is 0 Å². The summed E-state index contributed by atoms with van der Waals surface area (Å²) in [5.41, 5.74) is 0.213. The molecule has 0 aliphatic rings. The standard InChI is InChI=1S/C10H12N4O2/c1-8-11-7-9(10(15)16)14(8)6-5-13-4-2-3-12-13/h2-4,7H,5-6H2,1H3,(H,15,16). The molecular formula is C10H12N4O2. The molecular weight excluding hydrogens is 208 g/mol. The van der Waals surface area contributed by atoms with E-state index >= 15 is 0 Å². The maximum atomic E-state index is 10.9. The molecule has 0 spiro atoms. The molecule has 6 nitrogen and oxygen atoms in total. The van der Waals surface area contributed by atoms with Crippen LogP contribution in [0, 0.1) is 6.92 Å². The summed E-state index contributed by atoms with van der Waals surface area (Å²) >= 11 is 0. The van der Waals surface area contributed by atoms with Gasteiger partial charge in [-0.15, -0.1) is 0 Å². The molecule has 2 aromatic rings. The molecule has 84 valence electrons. The smallest absolute Gasteiger partial charge is 0.354 e. The topological polar surface area (TPSA) is 72.9 Å². The van der Waals surface area contributed by atoms with Crippen molar-refractivity contribution in [2.75, 3.05) is 0 Å². The third-order valence-electron chi connectivity index (χ3n) is 2.39. The van der Waals surface area contributed by atoms with Crippen LogP contribution in [0.5, 0.6) is 0 Å². The highest BCUT2D eigenvalue weighted by Crippen LogP contribution is 2.05. The molecule has 0 atom stereocenters. The van der Waals surface area contributed by atoms with Gasteiger partial charge in [0.1, 0.15) is 11.5 Å². The molecule has 0 aromatic carbocycles. The van der Waals surface area contributed by atoms with E-state index in [1.165, 1.54) is 6.20 Å². The Morgan fingerprint density at radius 2 is 2.31 bits per heavy atom. The summed E-state index contributed by atoms with van der Waals surface area (Å²) in [6.07, 6.45) is 4.91. The van der Waals surface area contributed by atoms with Crippen LogP contribution in [0.4, 0.5) is 0 Å². The zero-order chi connectivity index (χ0) is 11.5. The maximum Gasteiger partial charge on any atom is 0.354 e. The van der Waals surface area contributed by atoms with E-state index in [9.17, 15) is 4.79 Å². The maximum absolute atomic E-state index is 10.9. The number of hydrogen-bond acceptors (Lipinski definition) is 3. The molecule has 0 aliphatic heterocycles. The van der Waals surface area contributed by atoms with E-state index in [1.54, 1.807) is 22.4 Å². The Morgan fingerprint density at radius 3 is 2.94 bits per heavy atom. The predicted molar refractivity (Wildman–Crippen MR) is 56.2 cm³/mol. The van der Waals surface area contributed by atoms with Gasteiger partial charge in [-0.2, -0.15) is 5.10 Å². The van der Waals surface area contributed by atoms with Gasteiger partial charge in [0.2, 0.25) is 0 Å².